The number of halogens is 1. The Morgan fingerprint density at radius 2 is 2.33 bits per heavy atom. The van der Waals surface area contributed by atoms with E-state index >= 15 is 0 Å². The van der Waals surface area contributed by atoms with Crippen LogP contribution >= 0.6 is 15.9 Å². The Balaban J connectivity index is 2.21. The summed E-state index contributed by atoms with van der Waals surface area (Å²) in [5.41, 5.74) is 0.926. The topological polar surface area (TPSA) is 50.1 Å². The van der Waals surface area contributed by atoms with Gasteiger partial charge in [0.1, 0.15) is 12.0 Å². The second-order valence-electron chi connectivity index (χ2n) is 3.40. The fourth-order valence-electron chi connectivity index (χ4n) is 1.60. The number of hydrogen-bond donors (Lipinski definition) is 0. The van der Waals surface area contributed by atoms with E-state index in [0.717, 1.165) is 10.0 Å². The lowest BCUT2D eigenvalue weighted by Gasteiger charge is -2.08. The van der Waals surface area contributed by atoms with Crippen molar-refractivity contribution in [3.63, 3.8) is 0 Å². The first-order chi connectivity index (χ1) is 7.20. The van der Waals surface area contributed by atoms with Crippen molar-refractivity contribution in [3.8, 4) is 6.07 Å². The van der Waals surface area contributed by atoms with Crippen molar-refractivity contribution in [1.29, 1.82) is 5.26 Å². The van der Waals surface area contributed by atoms with E-state index in [9.17, 15) is 4.79 Å². The molecule has 1 aliphatic heterocycles. The van der Waals surface area contributed by atoms with Gasteiger partial charge in [-0.05, 0) is 17.7 Å². The number of hydrogen-bond acceptors (Lipinski definition) is 3. The minimum atomic E-state index is -0.617. The molecule has 0 spiro atoms. The number of carbonyl (C=O) groups is 1. The Morgan fingerprint density at radius 1 is 1.53 bits per heavy atom. The molecule has 15 heavy (non-hydrogen) atoms. The molecule has 1 fully saturated rings. The Kier molecular flexibility index (Phi) is 2.74. The summed E-state index contributed by atoms with van der Waals surface area (Å²) in [5, 5.41) is 8.70. The molecule has 1 aromatic carbocycles. The van der Waals surface area contributed by atoms with Gasteiger partial charge in [0.05, 0.1) is 6.07 Å². The van der Waals surface area contributed by atoms with E-state index in [1.807, 2.05) is 30.3 Å². The second kappa shape index (κ2) is 4.03. The summed E-state index contributed by atoms with van der Waals surface area (Å²) < 4.78 is 6.06. The highest BCUT2D eigenvalue weighted by Crippen LogP contribution is 2.33. The number of esters is 1. The van der Waals surface area contributed by atoms with Gasteiger partial charge >= 0.3 is 5.97 Å². The van der Waals surface area contributed by atoms with Gasteiger partial charge in [0.25, 0.3) is 0 Å². The molecular weight excluding hydrogens is 258 g/mol. The van der Waals surface area contributed by atoms with Crippen LogP contribution in [0.2, 0.25) is 0 Å². The van der Waals surface area contributed by atoms with Crippen LogP contribution in [-0.2, 0) is 9.53 Å². The third-order valence-electron chi connectivity index (χ3n) is 2.37. The average molecular weight is 266 g/mol. The van der Waals surface area contributed by atoms with Crippen LogP contribution in [0.3, 0.4) is 0 Å². The Hall–Kier alpha value is -1.34. The molecule has 0 radical (unpaired) electrons. The molecule has 3 nitrogen and oxygen atoms in total. The van der Waals surface area contributed by atoms with Gasteiger partial charge in [-0.15, -0.1) is 0 Å². The summed E-state index contributed by atoms with van der Waals surface area (Å²) in [7, 11) is 0. The van der Waals surface area contributed by atoms with E-state index in [1.54, 1.807) is 0 Å². The number of ether oxygens (including phenoxy) is 1. The average Bonchev–Trinajstić information content (AvgIpc) is 2.60. The van der Waals surface area contributed by atoms with Gasteiger partial charge in [0.2, 0.25) is 0 Å². The maximum atomic E-state index is 11.2. The van der Waals surface area contributed by atoms with Gasteiger partial charge in [0.15, 0.2) is 0 Å². The maximum absolute atomic E-state index is 11.2. The van der Waals surface area contributed by atoms with Gasteiger partial charge < -0.3 is 4.74 Å². The van der Waals surface area contributed by atoms with E-state index in [0.29, 0.717) is 6.42 Å². The Bertz CT molecular complexity index is 438. The first kappa shape index (κ1) is 10.2. The molecule has 0 N–H and O–H groups in total. The van der Waals surface area contributed by atoms with Crippen LogP contribution in [0, 0.1) is 17.2 Å². The number of nitrogens with zero attached hydrogens (tertiary/aromatic N) is 1. The predicted octanol–water partition coefficient (Wildman–Crippen LogP) is 2.58. The van der Waals surface area contributed by atoms with Crippen LogP contribution in [-0.4, -0.2) is 5.97 Å². The predicted molar refractivity (Wildman–Crippen MR) is 56.7 cm³/mol. The normalized spacial score (nSPS) is 24.7. The fourth-order valence-corrected chi connectivity index (χ4v) is 2.01. The van der Waals surface area contributed by atoms with E-state index < -0.39 is 11.9 Å². The molecular formula is C11H8BrNO2. The SMILES string of the molecule is N#CC1CC(c2cccc(Br)c2)OC1=O. The monoisotopic (exact) mass is 265 g/mol. The first-order valence-corrected chi connectivity index (χ1v) is 5.35. The zero-order valence-corrected chi connectivity index (χ0v) is 9.40. The molecule has 0 aromatic heterocycles. The van der Waals surface area contributed by atoms with Crippen molar-refractivity contribution < 1.29 is 9.53 Å². The largest absolute Gasteiger partial charge is 0.456 e. The molecule has 1 heterocycles. The van der Waals surface area contributed by atoms with Gasteiger partial charge in [-0.2, -0.15) is 5.26 Å². The van der Waals surface area contributed by atoms with Crippen molar-refractivity contribution in [1.82, 2.24) is 0 Å². The van der Waals surface area contributed by atoms with Crippen LogP contribution in [0.4, 0.5) is 0 Å². The number of carbonyl (C=O) groups excluding carboxylic acids is 1. The van der Waals surface area contributed by atoms with Crippen LogP contribution in [0.5, 0.6) is 0 Å². The Morgan fingerprint density at radius 3 is 2.93 bits per heavy atom. The maximum Gasteiger partial charge on any atom is 0.324 e. The summed E-state index contributed by atoms with van der Waals surface area (Å²) in [4.78, 5) is 11.2. The standard InChI is InChI=1S/C11H8BrNO2/c12-9-3-1-2-7(4-9)10-5-8(6-13)11(14)15-10/h1-4,8,10H,5H2. The molecule has 0 aliphatic carbocycles. The molecule has 2 rings (SSSR count). The van der Waals surface area contributed by atoms with Crippen molar-refractivity contribution in [2.75, 3.05) is 0 Å². The molecule has 1 saturated heterocycles. The molecule has 2 atom stereocenters. The van der Waals surface area contributed by atoms with E-state index in [2.05, 4.69) is 15.9 Å². The van der Waals surface area contributed by atoms with Crippen LogP contribution in [0.1, 0.15) is 18.1 Å². The van der Waals surface area contributed by atoms with Crippen molar-refractivity contribution in [2.24, 2.45) is 5.92 Å². The second-order valence-corrected chi connectivity index (χ2v) is 4.31. The number of nitriles is 1. The number of cyclic esters (lactones) is 1. The quantitative estimate of drug-likeness (QED) is 0.734. The Labute approximate surface area is 95.8 Å². The highest BCUT2D eigenvalue weighted by atomic mass is 79.9. The summed E-state index contributed by atoms with van der Waals surface area (Å²) >= 11 is 3.35. The van der Waals surface area contributed by atoms with Crippen molar-refractivity contribution in [3.05, 3.63) is 34.3 Å². The lowest BCUT2D eigenvalue weighted by Crippen LogP contribution is -2.03. The molecule has 0 amide bonds. The van der Waals surface area contributed by atoms with E-state index in [4.69, 9.17) is 10.00 Å². The molecule has 1 aromatic rings. The van der Waals surface area contributed by atoms with Crippen LogP contribution in [0.25, 0.3) is 0 Å². The molecule has 76 valence electrons. The first-order valence-electron chi connectivity index (χ1n) is 4.56. The zero-order chi connectivity index (χ0) is 10.8. The van der Waals surface area contributed by atoms with Gasteiger partial charge in [-0.1, -0.05) is 28.1 Å². The molecule has 0 bridgehead atoms. The van der Waals surface area contributed by atoms with Crippen LogP contribution < -0.4 is 0 Å². The fraction of sp³-hybridized carbons (Fsp3) is 0.273. The molecule has 2 unspecified atom stereocenters. The summed E-state index contributed by atoms with van der Waals surface area (Å²) in [5.74, 6) is -1.03. The molecule has 1 aliphatic rings. The molecule has 4 heteroatoms. The number of benzene rings is 1. The van der Waals surface area contributed by atoms with E-state index in [-0.39, 0.29) is 6.10 Å². The van der Waals surface area contributed by atoms with Crippen LogP contribution in [0.15, 0.2) is 28.7 Å². The highest BCUT2D eigenvalue weighted by molar-refractivity contribution is 9.10. The third kappa shape index (κ3) is 2.02. The van der Waals surface area contributed by atoms with Gasteiger partial charge in [-0.3, -0.25) is 4.79 Å². The minimum Gasteiger partial charge on any atom is -0.456 e. The number of rotatable bonds is 1. The minimum absolute atomic E-state index is 0.278. The lowest BCUT2D eigenvalue weighted by molar-refractivity contribution is -0.143. The highest BCUT2D eigenvalue weighted by Gasteiger charge is 2.35. The molecule has 0 saturated carbocycles. The van der Waals surface area contributed by atoms with E-state index in [1.165, 1.54) is 0 Å². The lowest BCUT2D eigenvalue weighted by atomic mass is 10.0. The summed E-state index contributed by atoms with van der Waals surface area (Å²) in [6.45, 7) is 0. The third-order valence-corrected chi connectivity index (χ3v) is 2.86. The summed E-state index contributed by atoms with van der Waals surface area (Å²) in [6, 6.07) is 9.52. The van der Waals surface area contributed by atoms with Gasteiger partial charge in [-0.25, -0.2) is 0 Å². The summed E-state index contributed by atoms with van der Waals surface area (Å²) in [6.07, 6.45) is 0.172. The van der Waals surface area contributed by atoms with Crippen molar-refractivity contribution in [2.45, 2.75) is 12.5 Å². The van der Waals surface area contributed by atoms with Gasteiger partial charge in [0, 0.05) is 10.9 Å². The smallest absolute Gasteiger partial charge is 0.324 e. The van der Waals surface area contributed by atoms with Crippen molar-refractivity contribution >= 4 is 21.9 Å². The zero-order valence-electron chi connectivity index (χ0n) is 7.81.